The van der Waals surface area contributed by atoms with Crippen LogP contribution in [0, 0.1) is 11.3 Å². The van der Waals surface area contributed by atoms with Crippen molar-refractivity contribution in [2.75, 3.05) is 0 Å². The Bertz CT molecular complexity index is 1160. The quantitative estimate of drug-likeness (QED) is 0.432. The molecule has 0 spiro atoms. The number of fused-ring (bicyclic) bond motifs is 3. The minimum atomic E-state index is -1.22. The summed E-state index contributed by atoms with van der Waals surface area (Å²) in [6.45, 7) is 0. The van der Waals surface area contributed by atoms with Crippen LogP contribution < -0.4 is 0 Å². The summed E-state index contributed by atoms with van der Waals surface area (Å²) in [6, 6.07) is 25.7. The van der Waals surface area contributed by atoms with Crippen LogP contribution in [0.1, 0.15) is 5.56 Å². The number of aliphatic carboxylic acids is 1. The van der Waals surface area contributed by atoms with Crippen LogP contribution in [-0.4, -0.2) is 15.6 Å². The number of hydrogen-bond donors (Lipinski definition) is 1. The summed E-state index contributed by atoms with van der Waals surface area (Å²) in [5.41, 5.74) is 3.59. The fourth-order valence-electron chi connectivity index (χ4n) is 3.23. The highest BCUT2D eigenvalue weighted by Crippen LogP contribution is 2.31. The molecule has 4 rings (SSSR count). The van der Waals surface area contributed by atoms with E-state index in [0.717, 1.165) is 16.7 Å². The van der Waals surface area contributed by atoms with E-state index in [2.05, 4.69) is 28.8 Å². The van der Waals surface area contributed by atoms with Gasteiger partial charge in [-0.25, -0.2) is 4.79 Å². The minimum absolute atomic E-state index is 0.283. The van der Waals surface area contributed by atoms with Gasteiger partial charge in [0.1, 0.15) is 11.6 Å². The van der Waals surface area contributed by atoms with E-state index in [1.807, 2.05) is 48.5 Å². The summed E-state index contributed by atoms with van der Waals surface area (Å²) in [7, 11) is 0. The molecule has 124 valence electrons. The normalized spacial score (nSPS) is 11.6. The largest absolute Gasteiger partial charge is 0.477 e. The maximum Gasteiger partial charge on any atom is 0.346 e. The van der Waals surface area contributed by atoms with E-state index in [9.17, 15) is 4.79 Å². The van der Waals surface area contributed by atoms with Crippen molar-refractivity contribution in [1.29, 1.82) is 5.26 Å². The molecule has 1 N–H and O–H groups in total. The molecule has 4 heteroatoms. The lowest BCUT2D eigenvalue weighted by molar-refractivity contribution is -0.132. The lowest BCUT2D eigenvalue weighted by Gasteiger charge is -2.08. The SMILES string of the molecule is N#C/C(=C/c1ccc(-n2c3ccccc3c3ccccc32)cc1)C(=O)O. The summed E-state index contributed by atoms with van der Waals surface area (Å²) in [5.74, 6) is -1.22. The van der Waals surface area contributed by atoms with Crippen molar-refractivity contribution in [1.82, 2.24) is 4.57 Å². The number of nitrogens with zero attached hydrogens (tertiary/aromatic N) is 2. The van der Waals surface area contributed by atoms with E-state index in [0.29, 0.717) is 5.56 Å². The molecule has 0 amide bonds. The zero-order valence-corrected chi connectivity index (χ0v) is 13.8. The molecule has 0 aliphatic carbocycles. The first-order valence-corrected chi connectivity index (χ1v) is 8.13. The zero-order chi connectivity index (χ0) is 18.1. The molecule has 4 nitrogen and oxygen atoms in total. The fourth-order valence-corrected chi connectivity index (χ4v) is 3.23. The third-order valence-corrected chi connectivity index (χ3v) is 4.39. The monoisotopic (exact) mass is 338 g/mol. The number of hydrogen-bond acceptors (Lipinski definition) is 2. The summed E-state index contributed by atoms with van der Waals surface area (Å²) in [4.78, 5) is 11.0. The van der Waals surface area contributed by atoms with E-state index >= 15 is 0 Å². The molecule has 0 aliphatic heterocycles. The van der Waals surface area contributed by atoms with Gasteiger partial charge in [0.05, 0.1) is 11.0 Å². The van der Waals surface area contributed by atoms with Gasteiger partial charge in [-0.2, -0.15) is 5.26 Å². The first-order chi connectivity index (χ1) is 12.7. The summed E-state index contributed by atoms with van der Waals surface area (Å²) >= 11 is 0. The Morgan fingerprint density at radius 1 is 0.885 bits per heavy atom. The van der Waals surface area contributed by atoms with Crippen molar-refractivity contribution in [3.05, 3.63) is 83.9 Å². The van der Waals surface area contributed by atoms with Gasteiger partial charge in [-0.15, -0.1) is 0 Å². The van der Waals surface area contributed by atoms with Crippen molar-refractivity contribution in [3.8, 4) is 11.8 Å². The molecule has 0 radical (unpaired) electrons. The number of nitriles is 1. The second-order valence-electron chi connectivity index (χ2n) is 5.94. The van der Waals surface area contributed by atoms with Crippen molar-refractivity contribution in [2.24, 2.45) is 0 Å². The molecule has 1 aromatic heterocycles. The molecule has 1 heterocycles. The molecule has 0 unspecified atom stereocenters. The predicted octanol–water partition coefficient (Wildman–Crippen LogP) is 4.78. The standard InChI is InChI=1S/C22H14N2O2/c23-14-16(22(25)26)13-15-9-11-17(12-10-15)24-20-7-3-1-5-18(20)19-6-2-4-8-21(19)24/h1-13H,(H,25,26)/b16-13-. The maximum absolute atomic E-state index is 11.0. The molecule has 0 aliphatic rings. The Kier molecular flexibility index (Phi) is 3.75. The van der Waals surface area contributed by atoms with Gasteiger partial charge in [-0.3, -0.25) is 0 Å². The third kappa shape index (κ3) is 2.52. The first kappa shape index (κ1) is 15.7. The second-order valence-corrected chi connectivity index (χ2v) is 5.94. The highest BCUT2D eigenvalue weighted by Gasteiger charge is 2.11. The van der Waals surface area contributed by atoms with Gasteiger partial charge < -0.3 is 9.67 Å². The van der Waals surface area contributed by atoms with Gasteiger partial charge in [0, 0.05) is 16.5 Å². The molecule has 0 saturated heterocycles. The topological polar surface area (TPSA) is 66.0 Å². The molecule has 26 heavy (non-hydrogen) atoms. The lowest BCUT2D eigenvalue weighted by atomic mass is 10.1. The Balaban J connectivity index is 1.88. The van der Waals surface area contributed by atoms with Crippen molar-refractivity contribution in [3.63, 3.8) is 0 Å². The zero-order valence-electron chi connectivity index (χ0n) is 13.8. The van der Waals surface area contributed by atoms with Gasteiger partial charge in [-0.1, -0.05) is 48.5 Å². The molecule has 4 aromatic rings. The van der Waals surface area contributed by atoms with Crippen molar-refractivity contribution in [2.45, 2.75) is 0 Å². The van der Waals surface area contributed by atoms with Crippen LogP contribution in [0.3, 0.4) is 0 Å². The number of carboxylic acid groups (broad SMARTS) is 1. The lowest BCUT2D eigenvalue weighted by Crippen LogP contribution is -1.97. The molecule has 3 aromatic carbocycles. The Labute approximate surface area is 149 Å². The van der Waals surface area contributed by atoms with Crippen LogP contribution >= 0.6 is 0 Å². The van der Waals surface area contributed by atoms with Crippen LogP contribution in [0.2, 0.25) is 0 Å². The minimum Gasteiger partial charge on any atom is -0.477 e. The summed E-state index contributed by atoms with van der Waals surface area (Å²) in [5, 5.41) is 20.2. The third-order valence-electron chi connectivity index (χ3n) is 4.39. The fraction of sp³-hybridized carbons (Fsp3) is 0. The molecule has 0 fully saturated rings. The smallest absolute Gasteiger partial charge is 0.346 e. The number of aromatic nitrogens is 1. The number of rotatable bonds is 3. The van der Waals surface area contributed by atoms with E-state index in [4.69, 9.17) is 10.4 Å². The van der Waals surface area contributed by atoms with Crippen LogP contribution in [0.5, 0.6) is 0 Å². The summed E-state index contributed by atoms with van der Waals surface area (Å²) < 4.78 is 2.18. The number of benzene rings is 3. The Morgan fingerprint density at radius 2 is 1.42 bits per heavy atom. The van der Waals surface area contributed by atoms with Crippen molar-refractivity contribution >= 4 is 33.9 Å². The second kappa shape index (κ2) is 6.23. The Hall–Kier alpha value is -3.84. The van der Waals surface area contributed by atoms with E-state index in [1.165, 1.54) is 16.8 Å². The first-order valence-electron chi connectivity index (χ1n) is 8.13. The predicted molar refractivity (Wildman–Crippen MR) is 102 cm³/mol. The van der Waals surface area contributed by atoms with Gasteiger partial charge in [0.25, 0.3) is 0 Å². The van der Waals surface area contributed by atoms with Crippen molar-refractivity contribution < 1.29 is 9.90 Å². The van der Waals surface area contributed by atoms with Gasteiger partial charge in [0.15, 0.2) is 0 Å². The van der Waals surface area contributed by atoms with Gasteiger partial charge in [-0.05, 0) is 35.9 Å². The average Bonchev–Trinajstić information content (AvgIpc) is 3.01. The highest BCUT2D eigenvalue weighted by atomic mass is 16.4. The molecule has 0 bridgehead atoms. The van der Waals surface area contributed by atoms with E-state index in [-0.39, 0.29) is 5.57 Å². The average molecular weight is 338 g/mol. The molecular formula is C22H14N2O2. The van der Waals surface area contributed by atoms with Crippen LogP contribution in [0.25, 0.3) is 33.6 Å². The number of para-hydroxylation sites is 2. The van der Waals surface area contributed by atoms with Crippen LogP contribution in [0.4, 0.5) is 0 Å². The van der Waals surface area contributed by atoms with Gasteiger partial charge >= 0.3 is 5.97 Å². The highest BCUT2D eigenvalue weighted by molar-refractivity contribution is 6.09. The van der Waals surface area contributed by atoms with E-state index < -0.39 is 5.97 Å². The van der Waals surface area contributed by atoms with Crippen LogP contribution in [-0.2, 0) is 4.79 Å². The number of carbonyl (C=O) groups is 1. The summed E-state index contributed by atoms with van der Waals surface area (Å²) in [6.07, 6.45) is 1.37. The Morgan fingerprint density at radius 3 is 1.92 bits per heavy atom. The van der Waals surface area contributed by atoms with Crippen LogP contribution in [0.15, 0.2) is 78.4 Å². The number of carboxylic acids is 1. The van der Waals surface area contributed by atoms with E-state index in [1.54, 1.807) is 6.07 Å². The maximum atomic E-state index is 11.0. The molecular weight excluding hydrogens is 324 g/mol. The molecule has 0 atom stereocenters. The van der Waals surface area contributed by atoms with Gasteiger partial charge in [0.2, 0.25) is 0 Å². The molecule has 0 saturated carbocycles.